The van der Waals surface area contributed by atoms with Gasteiger partial charge in [-0.15, -0.1) is 0 Å². The highest BCUT2D eigenvalue weighted by atomic mass is 16.5. The minimum Gasteiger partial charge on any atom is -0.497 e. The van der Waals surface area contributed by atoms with E-state index in [2.05, 4.69) is 16.3 Å². The minimum absolute atomic E-state index is 0.732. The molecule has 1 aromatic carbocycles. The normalized spacial score (nSPS) is 10.9. The van der Waals surface area contributed by atoms with E-state index in [4.69, 9.17) is 9.47 Å². The molecule has 2 aromatic heterocycles. The second-order valence-corrected chi connectivity index (χ2v) is 4.79. The number of nitrogens with zero attached hydrogens (tertiary/aromatic N) is 3. The lowest BCUT2D eigenvalue weighted by Gasteiger charge is -2.10. The summed E-state index contributed by atoms with van der Waals surface area (Å²) < 4.78 is 12.4. The lowest BCUT2D eigenvalue weighted by molar-refractivity contribution is 0.395. The zero-order valence-electron chi connectivity index (χ0n) is 12.5. The number of aromatic nitrogens is 3. The molecule has 0 aliphatic heterocycles. The van der Waals surface area contributed by atoms with Crippen LogP contribution >= 0.6 is 0 Å². The minimum atomic E-state index is 0.732. The van der Waals surface area contributed by atoms with Crippen LogP contribution in [-0.4, -0.2) is 28.8 Å². The van der Waals surface area contributed by atoms with Crippen molar-refractivity contribution in [2.45, 2.75) is 13.8 Å². The molecule has 5 heteroatoms. The molecule has 21 heavy (non-hydrogen) atoms. The molecule has 0 aliphatic carbocycles. The lowest BCUT2D eigenvalue weighted by atomic mass is 10.0. The third kappa shape index (κ3) is 2.20. The van der Waals surface area contributed by atoms with Gasteiger partial charge in [-0.25, -0.2) is 9.50 Å². The quantitative estimate of drug-likeness (QED) is 0.741. The second kappa shape index (κ2) is 5.09. The Morgan fingerprint density at radius 3 is 2.67 bits per heavy atom. The Morgan fingerprint density at radius 1 is 1.14 bits per heavy atom. The molecule has 0 fully saturated rings. The zero-order chi connectivity index (χ0) is 15.0. The summed E-state index contributed by atoms with van der Waals surface area (Å²) in [4.78, 5) is 4.57. The van der Waals surface area contributed by atoms with Crippen LogP contribution in [0.3, 0.4) is 0 Å². The molecule has 0 atom stereocenters. The van der Waals surface area contributed by atoms with Crippen molar-refractivity contribution in [3.05, 3.63) is 41.9 Å². The van der Waals surface area contributed by atoms with Gasteiger partial charge in [0, 0.05) is 17.3 Å². The van der Waals surface area contributed by atoms with Gasteiger partial charge in [-0.2, -0.15) is 5.10 Å². The number of methoxy groups -OCH3 is 2. The molecule has 0 bridgehead atoms. The summed E-state index contributed by atoms with van der Waals surface area (Å²) in [5, 5.41) is 4.46. The van der Waals surface area contributed by atoms with E-state index in [1.165, 1.54) is 0 Å². The zero-order valence-corrected chi connectivity index (χ0v) is 12.5. The average Bonchev–Trinajstić information content (AvgIpc) is 2.81. The van der Waals surface area contributed by atoms with Crippen LogP contribution in [0, 0.1) is 20.0 Å². The van der Waals surface area contributed by atoms with Crippen molar-refractivity contribution < 1.29 is 9.47 Å². The first-order valence-electron chi connectivity index (χ1n) is 6.61. The Bertz CT molecular complexity index is 809. The standard InChI is InChI=1S/C16H16N3O2/c1-10-7-8-19-16(17-10)15(11(2)18-19)13-6-5-12(20-3)9-14(13)21-4/h5-7,9H,1-4H3. The van der Waals surface area contributed by atoms with Gasteiger partial charge >= 0.3 is 0 Å². The topological polar surface area (TPSA) is 48.7 Å². The molecule has 0 unspecified atom stereocenters. The van der Waals surface area contributed by atoms with Crippen molar-refractivity contribution in [3.63, 3.8) is 0 Å². The van der Waals surface area contributed by atoms with Gasteiger partial charge in [0.1, 0.15) is 11.5 Å². The highest BCUT2D eigenvalue weighted by molar-refractivity contribution is 5.84. The Morgan fingerprint density at radius 2 is 1.95 bits per heavy atom. The fourth-order valence-corrected chi connectivity index (χ4v) is 2.38. The van der Waals surface area contributed by atoms with E-state index in [1.807, 2.05) is 38.1 Å². The number of rotatable bonds is 3. The van der Waals surface area contributed by atoms with Gasteiger partial charge in [0.2, 0.25) is 0 Å². The van der Waals surface area contributed by atoms with Gasteiger partial charge in [0.15, 0.2) is 5.65 Å². The predicted molar refractivity (Wildman–Crippen MR) is 79.8 cm³/mol. The summed E-state index contributed by atoms with van der Waals surface area (Å²) in [6, 6.07) is 7.54. The van der Waals surface area contributed by atoms with Crippen LogP contribution in [0.2, 0.25) is 0 Å². The number of ether oxygens (including phenoxy) is 2. The maximum Gasteiger partial charge on any atom is 0.164 e. The van der Waals surface area contributed by atoms with Crippen LogP contribution in [0.25, 0.3) is 16.8 Å². The monoisotopic (exact) mass is 282 g/mol. The molecule has 3 rings (SSSR count). The second-order valence-electron chi connectivity index (χ2n) is 4.79. The van der Waals surface area contributed by atoms with E-state index in [1.54, 1.807) is 18.7 Å². The van der Waals surface area contributed by atoms with Crippen LogP contribution in [-0.2, 0) is 0 Å². The number of aryl methyl sites for hydroxylation is 2. The molecule has 3 aromatic rings. The highest BCUT2D eigenvalue weighted by Crippen LogP contribution is 2.36. The highest BCUT2D eigenvalue weighted by Gasteiger charge is 2.17. The Kier molecular flexibility index (Phi) is 3.25. The molecule has 0 saturated heterocycles. The first-order chi connectivity index (χ1) is 10.1. The van der Waals surface area contributed by atoms with Crippen LogP contribution < -0.4 is 9.47 Å². The summed E-state index contributed by atoms with van der Waals surface area (Å²) in [5.41, 5.74) is 4.45. The molecule has 0 N–H and O–H groups in total. The molecule has 107 valence electrons. The number of hydrogen-bond acceptors (Lipinski definition) is 4. The number of benzene rings is 1. The van der Waals surface area contributed by atoms with Gasteiger partial charge in [0.05, 0.1) is 31.7 Å². The first kappa shape index (κ1) is 13.4. The van der Waals surface area contributed by atoms with Crippen LogP contribution in [0.1, 0.15) is 11.4 Å². The fraction of sp³-hybridized carbons (Fsp3) is 0.250. The van der Waals surface area contributed by atoms with E-state index in [0.717, 1.165) is 39.7 Å². The number of fused-ring (bicyclic) bond motifs is 1. The molecule has 0 amide bonds. The molecular weight excluding hydrogens is 266 g/mol. The maximum atomic E-state index is 5.49. The molecule has 0 aliphatic rings. The molecule has 0 saturated carbocycles. The molecule has 1 radical (unpaired) electrons. The van der Waals surface area contributed by atoms with Gasteiger partial charge in [-0.1, -0.05) is 0 Å². The summed E-state index contributed by atoms with van der Waals surface area (Å²) in [7, 11) is 3.28. The van der Waals surface area contributed by atoms with Gasteiger partial charge in [0.25, 0.3) is 0 Å². The van der Waals surface area contributed by atoms with E-state index in [-0.39, 0.29) is 0 Å². The smallest absolute Gasteiger partial charge is 0.164 e. The predicted octanol–water partition coefficient (Wildman–Crippen LogP) is 2.83. The maximum absolute atomic E-state index is 5.49. The van der Waals surface area contributed by atoms with Crippen molar-refractivity contribution >= 4 is 5.65 Å². The SMILES string of the molecule is COc1ccc(-c2c(C)nn3[c]cc(C)nc23)c(OC)c1. The summed E-state index contributed by atoms with van der Waals surface area (Å²) in [6.45, 7) is 3.89. The van der Waals surface area contributed by atoms with Crippen molar-refractivity contribution in [3.8, 4) is 22.6 Å². The van der Waals surface area contributed by atoms with Gasteiger partial charge in [-0.3, -0.25) is 0 Å². The summed E-state index contributed by atoms with van der Waals surface area (Å²) >= 11 is 0. The summed E-state index contributed by atoms with van der Waals surface area (Å²) in [5.74, 6) is 1.48. The van der Waals surface area contributed by atoms with Crippen molar-refractivity contribution in [2.75, 3.05) is 14.2 Å². The van der Waals surface area contributed by atoms with Crippen LogP contribution in [0.15, 0.2) is 24.3 Å². The third-order valence-electron chi connectivity index (χ3n) is 3.39. The Balaban J connectivity index is 2.29. The van der Waals surface area contributed by atoms with Crippen molar-refractivity contribution in [1.29, 1.82) is 0 Å². The van der Waals surface area contributed by atoms with Gasteiger partial charge < -0.3 is 9.47 Å². The Labute approximate surface area is 123 Å². The van der Waals surface area contributed by atoms with Gasteiger partial charge in [-0.05, 0) is 32.0 Å². The molecular formula is C16H16N3O2. The first-order valence-corrected chi connectivity index (χ1v) is 6.61. The van der Waals surface area contributed by atoms with Crippen LogP contribution in [0.4, 0.5) is 0 Å². The van der Waals surface area contributed by atoms with Crippen LogP contribution in [0.5, 0.6) is 11.5 Å². The van der Waals surface area contributed by atoms with E-state index in [0.29, 0.717) is 0 Å². The lowest BCUT2D eigenvalue weighted by Crippen LogP contribution is -1.94. The van der Waals surface area contributed by atoms with E-state index >= 15 is 0 Å². The Hall–Kier alpha value is -2.56. The largest absolute Gasteiger partial charge is 0.497 e. The molecule has 5 nitrogen and oxygen atoms in total. The fourth-order valence-electron chi connectivity index (χ4n) is 2.38. The summed E-state index contributed by atoms with van der Waals surface area (Å²) in [6.07, 6.45) is 3.09. The molecule has 2 heterocycles. The van der Waals surface area contributed by atoms with Crippen molar-refractivity contribution in [2.24, 2.45) is 0 Å². The van der Waals surface area contributed by atoms with Crippen molar-refractivity contribution in [1.82, 2.24) is 14.6 Å². The number of hydrogen-bond donors (Lipinski definition) is 0. The van der Waals surface area contributed by atoms with E-state index in [9.17, 15) is 0 Å². The third-order valence-corrected chi connectivity index (χ3v) is 3.39. The van der Waals surface area contributed by atoms with E-state index < -0.39 is 0 Å². The molecule has 0 spiro atoms. The average molecular weight is 282 g/mol.